The number of piperidine rings is 2. The summed E-state index contributed by atoms with van der Waals surface area (Å²) in [4.78, 5) is 5.02. The summed E-state index contributed by atoms with van der Waals surface area (Å²) in [6.45, 7) is 5.50. The first kappa shape index (κ1) is 37.0. The number of nitrogens with one attached hydrogen (secondary N) is 1. The van der Waals surface area contributed by atoms with Crippen molar-refractivity contribution in [2.45, 2.75) is 115 Å². The zero-order chi connectivity index (χ0) is 37.6. The summed E-state index contributed by atoms with van der Waals surface area (Å²) in [5.41, 5.74) is 4.55. The third-order valence-electron chi connectivity index (χ3n) is 12.3. The van der Waals surface area contributed by atoms with Crippen LogP contribution in [0.4, 0.5) is 19.0 Å². The summed E-state index contributed by atoms with van der Waals surface area (Å²) < 4.78 is 38.7. The molecule has 0 aliphatic carbocycles. The van der Waals surface area contributed by atoms with Gasteiger partial charge in [-0.05, 0) is 158 Å². The number of anilines is 1. The van der Waals surface area contributed by atoms with Crippen LogP contribution in [0.3, 0.4) is 0 Å². The number of fused-ring (bicyclic) bond motifs is 4. The van der Waals surface area contributed by atoms with Gasteiger partial charge in [0.15, 0.2) is 0 Å². The van der Waals surface area contributed by atoms with Gasteiger partial charge >= 0.3 is 6.18 Å². The minimum atomic E-state index is -4.50. The van der Waals surface area contributed by atoms with Crippen molar-refractivity contribution in [1.82, 2.24) is 30.2 Å². The highest BCUT2D eigenvalue weighted by molar-refractivity contribution is 5.72. The molecule has 8 rings (SSSR count). The average Bonchev–Trinajstić information content (AvgIpc) is 3.47. The van der Waals surface area contributed by atoms with Crippen LogP contribution in [-0.2, 0) is 12.6 Å². The monoisotopic (exact) mass is 729 g/mol. The lowest BCUT2D eigenvalue weighted by atomic mass is 9.87. The normalized spacial score (nSPS) is 25.6. The van der Waals surface area contributed by atoms with Crippen LogP contribution in [0.1, 0.15) is 79.3 Å². The average molecular weight is 730 g/mol. The summed E-state index contributed by atoms with van der Waals surface area (Å²) in [5, 5.41) is 41.2. The number of aromatic nitrogens is 4. The fraction of sp³-hybridized carbons (Fsp3) is 0.512. The molecule has 2 aromatic carbocycles. The van der Waals surface area contributed by atoms with Crippen LogP contribution in [0.5, 0.6) is 11.5 Å². The van der Waals surface area contributed by atoms with Crippen molar-refractivity contribution in [2.75, 3.05) is 19.4 Å². The Morgan fingerprint density at radius 1 is 0.679 bits per heavy atom. The first-order chi connectivity index (χ1) is 25.3. The zero-order valence-electron chi connectivity index (χ0n) is 31.2. The largest absolute Gasteiger partial charge is 0.507 e. The second kappa shape index (κ2) is 14.9. The van der Waals surface area contributed by atoms with Crippen LogP contribution in [0.2, 0.25) is 0 Å². The van der Waals surface area contributed by atoms with Crippen molar-refractivity contribution < 1.29 is 23.4 Å². The van der Waals surface area contributed by atoms with Crippen LogP contribution in [0.15, 0.2) is 48.5 Å². The van der Waals surface area contributed by atoms with E-state index in [9.17, 15) is 23.4 Å². The molecule has 3 N–H and O–H groups in total. The van der Waals surface area contributed by atoms with E-state index in [1.54, 1.807) is 12.1 Å². The Labute approximate surface area is 309 Å². The molecular weight excluding hydrogens is 679 g/mol. The molecule has 6 unspecified atom stereocenters. The first-order valence-corrected chi connectivity index (χ1v) is 18.8. The summed E-state index contributed by atoms with van der Waals surface area (Å²) in [6.07, 6.45) is 6.31. The summed E-state index contributed by atoms with van der Waals surface area (Å²) >= 11 is 0. The Morgan fingerprint density at radius 3 is 1.87 bits per heavy atom. The molecule has 12 heteroatoms. The number of halogens is 3. The molecule has 0 radical (unpaired) electrons. The lowest BCUT2D eigenvalue weighted by Crippen LogP contribution is -2.48. The molecule has 6 atom stereocenters. The molecule has 6 heterocycles. The number of hydrogen-bond donors (Lipinski definition) is 3. The van der Waals surface area contributed by atoms with Gasteiger partial charge in [0.05, 0.1) is 22.6 Å². The maximum absolute atomic E-state index is 12.9. The van der Waals surface area contributed by atoms with Gasteiger partial charge in [-0.25, -0.2) is 0 Å². The molecule has 0 amide bonds. The molecule has 9 nitrogen and oxygen atoms in total. The maximum Gasteiger partial charge on any atom is 0.416 e. The Balaban J connectivity index is 0.000000165. The van der Waals surface area contributed by atoms with Gasteiger partial charge in [-0.2, -0.15) is 23.4 Å². The van der Waals surface area contributed by atoms with Crippen molar-refractivity contribution in [3.63, 3.8) is 0 Å². The van der Waals surface area contributed by atoms with E-state index >= 15 is 0 Å². The number of nitrogens with zero attached hydrogens (tertiary/aromatic N) is 6. The highest BCUT2D eigenvalue weighted by Crippen LogP contribution is 2.41. The van der Waals surface area contributed by atoms with Gasteiger partial charge in [-0.15, -0.1) is 10.2 Å². The molecule has 4 fully saturated rings. The van der Waals surface area contributed by atoms with Crippen molar-refractivity contribution in [3.8, 4) is 34.0 Å². The van der Waals surface area contributed by atoms with E-state index < -0.39 is 17.5 Å². The third-order valence-corrected chi connectivity index (χ3v) is 12.3. The van der Waals surface area contributed by atoms with Crippen LogP contribution in [-0.4, -0.2) is 84.7 Å². The molecule has 0 saturated carbocycles. The number of hydrogen-bond acceptors (Lipinski definition) is 9. The van der Waals surface area contributed by atoms with Crippen molar-refractivity contribution in [1.29, 1.82) is 0 Å². The Bertz CT molecular complexity index is 1870. The molecule has 4 aliphatic rings. The van der Waals surface area contributed by atoms with Crippen LogP contribution in [0, 0.1) is 26.7 Å². The number of phenols is 2. The van der Waals surface area contributed by atoms with Gasteiger partial charge in [0.2, 0.25) is 0 Å². The molecule has 282 valence electrons. The van der Waals surface area contributed by atoms with Crippen LogP contribution < -0.4 is 5.32 Å². The maximum atomic E-state index is 12.9. The highest BCUT2D eigenvalue weighted by atomic mass is 19.4. The van der Waals surface area contributed by atoms with E-state index in [2.05, 4.69) is 55.7 Å². The molecular formula is C41H50F3N7O2. The molecule has 4 aromatic rings. The Morgan fingerprint density at radius 2 is 1.26 bits per heavy atom. The quantitative estimate of drug-likeness (QED) is 0.181. The number of phenolic OH excluding ortho intramolecular Hbond substituents is 2. The minimum Gasteiger partial charge on any atom is -0.507 e. The van der Waals surface area contributed by atoms with Crippen molar-refractivity contribution >= 4 is 5.82 Å². The highest BCUT2D eigenvalue weighted by Gasteiger charge is 2.41. The Kier molecular flexibility index (Phi) is 10.4. The van der Waals surface area contributed by atoms with Crippen LogP contribution in [0.25, 0.3) is 22.5 Å². The molecule has 4 aliphatic heterocycles. The summed E-state index contributed by atoms with van der Waals surface area (Å²) in [5.74, 6) is 1.21. The van der Waals surface area contributed by atoms with Gasteiger partial charge in [0, 0.05) is 41.3 Å². The number of rotatable bonds is 6. The number of aryl methyl sites for hydroxylation is 3. The predicted octanol–water partition coefficient (Wildman–Crippen LogP) is 8.09. The van der Waals surface area contributed by atoms with E-state index in [4.69, 9.17) is 0 Å². The van der Waals surface area contributed by atoms with E-state index in [-0.39, 0.29) is 5.75 Å². The topological polar surface area (TPSA) is 111 Å². The van der Waals surface area contributed by atoms with Crippen molar-refractivity contribution in [2.24, 2.45) is 5.92 Å². The fourth-order valence-corrected chi connectivity index (χ4v) is 9.55. The molecule has 4 bridgehead atoms. The number of likely N-dealkylation sites (N-methyl/N-ethyl adjacent to an activating group) is 1. The van der Waals surface area contributed by atoms with Gasteiger partial charge in [-0.3, -0.25) is 4.90 Å². The van der Waals surface area contributed by atoms with Gasteiger partial charge < -0.3 is 20.4 Å². The second-order valence-electron chi connectivity index (χ2n) is 15.7. The van der Waals surface area contributed by atoms with Crippen molar-refractivity contribution in [3.05, 3.63) is 76.5 Å². The standard InChI is InChI=1S/C21H24F3N3O.C20H26N4O/c1-12-9-14(21(22,23)24)11-19(28)20(12)17-7-4-15(25-26-17)10-13-3-5-16-6-8-18(13)27(16)2;1-12-10-13(2)20(18(25)11-12)16-7-9-19(23-22-16)21-15-6-4-14-5-8-17(15)24(14)3/h4,7,9,11,13,16,18,28H,3,5-6,8,10H2,1-2H3;7,9-11,14-15,17,25H,4-6,8H2,1-3H3,(H,21,23). The number of alkyl halides is 3. The SMILES string of the molecule is Cc1cc(C(F)(F)F)cc(O)c1-c1ccc(CC2CCC3CCC2N3C)nn1.Cc1cc(C)c(-c2ccc(NC3CCC4CCC3N4C)nn2)c(O)c1. The summed E-state index contributed by atoms with van der Waals surface area (Å²) in [7, 11) is 4.45. The predicted molar refractivity (Wildman–Crippen MR) is 200 cm³/mol. The van der Waals surface area contributed by atoms with E-state index in [0.717, 1.165) is 58.8 Å². The van der Waals surface area contributed by atoms with E-state index in [1.807, 2.05) is 32.0 Å². The third kappa shape index (κ3) is 7.71. The smallest absolute Gasteiger partial charge is 0.416 e. The van der Waals surface area contributed by atoms with E-state index in [1.165, 1.54) is 58.3 Å². The molecule has 4 saturated heterocycles. The minimum absolute atomic E-state index is 0.262. The lowest BCUT2D eigenvalue weighted by molar-refractivity contribution is -0.137. The Hall–Kier alpha value is -4.29. The second-order valence-corrected chi connectivity index (χ2v) is 15.7. The fourth-order valence-electron chi connectivity index (χ4n) is 9.55. The van der Waals surface area contributed by atoms with Gasteiger partial charge in [-0.1, -0.05) is 6.07 Å². The summed E-state index contributed by atoms with van der Waals surface area (Å²) in [6, 6.07) is 16.3. The van der Waals surface area contributed by atoms with E-state index in [0.29, 0.717) is 46.6 Å². The lowest BCUT2D eigenvalue weighted by Gasteiger charge is -2.38. The number of benzene rings is 2. The molecule has 0 spiro atoms. The van der Waals surface area contributed by atoms with Gasteiger partial charge in [0.1, 0.15) is 17.3 Å². The van der Waals surface area contributed by atoms with Gasteiger partial charge in [0.25, 0.3) is 0 Å². The first-order valence-electron chi connectivity index (χ1n) is 18.8. The molecule has 2 aromatic heterocycles. The zero-order valence-corrected chi connectivity index (χ0v) is 31.2. The van der Waals surface area contributed by atoms with Crippen LogP contribution >= 0.6 is 0 Å². The number of aromatic hydroxyl groups is 2. The molecule has 53 heavy (non-hydrogen) atoms.